The van der Waals surface area contributed by atoms with Crippen molar-refractivity contribution in [2.75, 3.05) is 7.11 Å². The number of hydrogen-bond donors (Lipinski definition) is 1. The number of methoxy groups -OCH3 is 1. The third-order valence-corrected chi connectivity index (χ3v) is 4.45. The van der Waals surface area contributed by atoms with Gasteiger partial charge < -0.3 is 9.72 Å². The fraction of sp³-hybridized carbons (Fsp3) is 0.333. The van der Waals surface area contributed by atoms with Crippen molar-refractivity contribution in [3.8, 4) is 5.75 Å². The molecular weight excluding hydrogens is 336 g/mol. The molecule has 20 heavy (non-hydrogen) atoms. The molecule has 0 fully saturated rings. The zero-order valence-electron chi connectivity index (χ0n) is 11.6. The van der Waals surface area contributed by atoms with Crippen molar-refractivity contribution in [3.63, 3.8) is 0 Å². The molecule has 0 saturated carbocycles. The average molecular weight is 353 g/mol. The number of nitrogens with one attached hydrogen (secondary N) is 1. The lowest BCUT2D eigenvalue weighted by atomic mass is 10.1. The molecular formula is C15H17BrN2OS. The number of para-hydroxylation sites is 1. The van der Waals surface area contributed by atoms with Gasteiger partial charge in [0.05, 0.1) is 11.6 Å². The van der Waals surface area contributed by atoms with Gasteiger partial charge in [0.1, 0.15) is 16.2 Å². The van der Waals surface area contributed by atoms with Crippen LogP contribution >= 0.6 is 28.1 Å². The molecule has 1 N–H and O–H groups in total. The predicted molar refractivity (Wildman–Crippen MR) is 86.9 cm³/mol. The van der Waals surface area contributed by atoms with Crippen LogP contribution in [0.5, 0.6) is 5.75 Å². The highest BCUT2D eigenvalue weighted by atomic mass is 79.9. The van der Waals surface area contributed by atoms with Crippen molar-refractivity contribution in [1.82, 2.24) is 9.97 Å². The highest BCUT2D eigenvalue weighted by Crippen LogP contribution is 2.22. The van der Waals surface area contributed by atoms with E-state index in [-0.39, 0.29) is 0 Å². The third-order valence-electron chi connectivity index (χ3n) is 3.03. The lowest BCUT2D eigenvalue weighted by molar-refractivity contribution is 0.410. The quantitative estimate of drug-likeness (QED) is 0.807. The molecule has 1 heterocycles. The van der Waals surface area contributed by atoms with Crippen molar-refractivity contribution in [1.29, 1.82) is 0 Å². The van der Waals surface area contributed by atoms with Crippen LogP contribution in [0.1, 0.15) is 30.4 Å². The lowest BCUT2D eigenvalue weighted by Gasteiger charge is -2.10. The molecule has 0 aliphatic heterocycles. The summed E-state index contributed by atoms with van der Waals surface area (Å²) in [7, 11) is 1.68. The second-order valence-electron chi connectivity index (χ2n) is 4.52. The summed E-state index contributed by atoms with van der Waals surface area (Å²) >= 11 is 8.82. The van der Waals surface area contributed by atoms with E-state index in [4.69, 9.17) is 17.0 Å². The molecule has 2 aromatic rings. The smallest absolute Gasteiger partial charge is 0.144 e. The van der Waals surface area contributed by atoms with Crippen molar-refractivity contribution >= 4 is 28.1 Å². The van der Waals surface area contributed by atoms with E-state index in [0.717, 1.165) is 40.1 Å². The van der Waals surface area contributed by atoms with Crippen LogP contribution in [0.15, 0.2) is 28.7 Å². The zero-order chi connectivity index (χ0) is 14.5. The van der Waals surface area contributed by atoms with E-state index in [1.54, 1.807) is 7.11 Å². The highest BCUT2D eigenvalue weighted by molar-refractivity contribution is 9.10. The topological polar surface area (TPSA) is 37.9 Å². The molecule has 0 saturated heterocycles. The highest BCUT2D eigenvalue weighted by Gasteiger charge is 2.09. The van der Waals surface area contributed by atoms with E-state index in [1.165, 1.54) is 0 Å². The second-order valence-corrected chi connectivity index (χ2v) is 5.70. The Labute approximate surface area is 132 Å². The van der Waals surface area contributed by atoms with Gasteiger partial charge in [-0.3, -0.25) is 0 Å². The minimum atomic E-state index is 0.608. The Kier molecular flexibility index (Phi) is 5.31. The maximum absolute atomic E-state index is 5.37. The molecule has 1 aromatic carbocycles. The summed E-state index contributed by atoms with van der Waals surface area (Å²) in [6.45, 7) is 2.14. The maximum atomic E-state index is 5.37. The summed E-state index contributed by atoms with van der Waals surface area (Å²) in [4.78, 5) is 7.82. The fourth-order valence-corrected chi connectivity index (χ4v) is 2.71. The van der Waals surface area contributed by atoms with Crippen LogP contribution in [-0.2, 0) is 12.8 Å². The van der Waals surface area contributed by atoms with E-state index >= 15 is 0 Å². The number of benzene rings is 1. The monoisotopic (exact) mass is 352 g/mol. The molecule has 0 amide bonds. The van der Waals surface area contributed by atoms with Gasteiger partial charge in [0.2, 0.25) is 0 Å². The number of ether oxygens (including phenoxy) is 1. The van der Waals surface area contributed by atoms with Gasteiger partial charge in [0.15, 0.2) is 0 Å². The van der Waals surface area contributed by atoms with Crippen LogP contribution in [-0.4, -0.2) is 17.1 Å². The Morgan fingerprint density at radius 3 is 2.80 bits per heavy atom. The molecule has 3 nitrogen and oxygen atoms in total. The Balaban J connectivity index is 2.36. The Bertz CT molecular complexity index is 655. The van der Waals surface area contributed by atoms with Crippen LogP contribution < -0.4 is 4.74 Å². The van der Waals surface area contributed by atoms with Crippen LogP contribution in [0.3, 0.4) is 0 Å². The molecule has 2 rings (SSSR count). The standard InChI is InChI=1S/C15H17BrN2OS/c1-3-6-11-14(16)15(20)18-13(17-11)9-10-7-4-5-8-12(10)19-2/h4-5,7-8H,3,6,9H2,1-2H3,(H,17,18,20). The minimum Gasteiger partial charge on any atom is -0.496 e. The molecule has 0 aliphatic rings. The Morgan fingerprint density at radius 1 is 1.35 bits per heavy atom. The molecule has 0 unspecified atom stereocenters. The van der Waals surface area contributed by atoms with Crippen molar-refractivity contribution in [2.24, 2.45) is 0 Å². The number of aromatic amines is 1. The second kappa shape index (κ2) is 6.99. The van der Waals surface area contributed by atoms with Crippen molar-refractivity contribution in [3.05, 3.63) is 50.5 Å². The summed E-state index contributed by atoms with van der Waals surface area (Å²) in [5, 5.41) is 0. The SMILES string of the molecule is CCCc1[nH]c(Cc2ccccc2OC)nc(=S)c1Br. The number of rotatable bonds is 5. The molecule has 0 bridgehead atoms. The molecule has 0 atom stereocenters. The van der Waals surface area contributed by atoms with E-state index < -0.39 is 0 Å². The van der Waals surface area contributed by atoms with Gasteiger partial charge in [-0.15, -0.1) is 0 Å². The van der Waals surface area contributed by atoms with Crippen LogP contribution in [0.4, 0.5) is 0 Å². The average Bonchev–Trinajstić information content (AvgIpc) is 2.45. The summed E-state index contributed by atoms with van der Waals surface area (Å²) in [5.41, 5.74) is 2.20. The summed E-state index contributed by atoms with van der Waals surface area (Å²) < 4.78 is 6.88. The number of aromatic nitrogens is 2. The van der Waals surface area contributed by atoms with E-state index in [1.807, 2.05) is 24.3 Å². The predicted octanol–water partition coefficient (Wildman–Crippen LogP) is 4.45. The zero-order valence-corrected chi connectivity index (χ0v) is 14.0. The van der Waals surface area contributed by atoms with Crippen LogP contribution in [0.2, 0.25) is 0 Å². The first-order chi connectivity index (χ1) is 9.65. The number of hydrogen-bond acceptors (Lipinski definition) is 3. The largest absolute Gasteiger partial charge is 0.496 e. The first kappa shape index (κ1) is 15.2. The van der Waals surface area contributed by atoms with E-state index in [0.29, 0.717) is 11.1 Å². The van der Waals surface area contributed by atoms with Crippen molar-refractivity contribution in [2.45, 2.75) is 26.2 Å². The summed E-state index contributed by atoms with van der Waals surface area (Å²) in [5.74, 6) is 1.74. The first-order valence-corrected chi connectivity index (χ1v) is 7.75. The van der Waals surface area contributed by atoms with Gasteiger partial charge >= 0.3 is 0 Å². The number of halogens is 1. The lowest BCUT2D eigenvalue weighted by Crippen LogP contribution is -2.03. The molecule has 1 aromatic heterocycles. The van der Waals surface area contributed by atoms with E-state index in [9.17, 15) is 0 Å². The maximum Gasteiger partial charge on any atom is 0.144 e. The van der Waals surface area contributed by atoms with Gasteiger partial charge in [-0.25, -0.2) is 4.98 Å². The van der Waals surface area contributed by atoms with Gasteiger partial charge in [0.25, 0.3) is 0 Å². The number of aryl methyl sites for hydroxylation is 1. The molecule has 5 heteroatoms. The van der Waals surface area contributed by atoms with Crippen LogP contribution in [0.25, 0.3) is 0 Å². The Morgan fingerprint density at radius 2 is 2.10 bits per heavy atom. The number of nitrogens with zero attached hydrogens (tertiary/aromatic N) is 1. The first-order valence-electron chi connectivity index (χ1n) is 6.55. The molecule has 0 spiro atoms. The molecule has 0 aliphatic carbocycles. The molecule has 106 valence electrons. The molecule has 0 radical (unpaired) electrons. The van der Waals surface area contributed by atoms with Crippen molar-refractivity contribution < 1.29 is 4.74 Å². The van der Waals surface area contributed by atoms with Crippen LogP contribution in [0, 0.1) is 4.64 Å². The minimum absolute atomic E-state index is 0.608. The van der Waals surface area contributed by atoms with Gasteiger partial charge in [-0.1, -0.05) is 43.8 Å². The number of H-pyrrole nitrogens is 1. The Hall–Kier alpha value is -1.20. The van der Waals surface area contributed by atoms with E-state index in [2.05, 4.69) is 32.8 Å². The third kappa shape index (κ3) is 3.46. The fourth-order valence-electron chi connectivity index (χ4n) is 2.09. The van der Waals surface area contributed by atoms with Gasteiger partial charge in [-0.2, -0.15) is 0 Å². The van der Waals surface area contributed by atoms with Gasteiger partial charge in [0, 0.05) is 17.7 Å². The summed E-state index contributed by atoms with van der Waals surface area (Å²) in [6.07, 6.45) is 2.69. The summed E-state index contributed by atoms with van der Waals surface area (Å²) in [6, 6.07) is 7.95. The van der Waals surface area contributed by atoms with Gasteiger partial charge in [-0.05, 0) is 28.4 Å². The normalized spacial score (nSPS) is 10.6.